The van der Waals surface area contributed by atoms with Gasteiger partial charge in [0.15, 0.2) is 11.5 Å². The minimum Gasteiger partial charge on any atom is -0.355 e. The molecule has 1 aliphatic carbocycles. The van der Waals surface area contributed by atoms with Crippen LogP contribution in [0.5, 0.6) is 0 Å². The van der Waals surface area contributed by atoms with Gasteiger partial charge in [0.25, 0.3) is 5.91 Å². The number of aromatic nitrogens is 4. The van der Waals surface area contributed by atoms with E-state index < -0.39 is 11.7 Å². The maximum Gasteiger partial charge on any atom is 0.275 e. The van der Waals surface area contributed by atoms with Gasteiger partial charge in [-0.3, -0.25) is 4.79 Å². The maximum atomic E-state index is 14.2. The number of nitrogens with one attached hydrogen (secondary N) is 1. The van der Waals surface area contributed by atoms with Crippen LogP contribution in [-0.4, -0.2) is 38.3 Å². The molecule has 7 nitrogen and oxygen atoms in total. The molecule has 143 valence electrons. The van der Waals surface area contributed by atoms with Gasteiger partial charge in [-0.05, 0) is 38.0 Å². The number of carbonyl (C=O) groups is 1. The molecule has 4 heterocycles. The lowest BCUT2D eigenvalue weighted by Gasteiger charge is -2.17. The molecule has 1 N–H and O–H groups in total. The van der Waals surface area contributed by atoms with Crippen LogP contribution in [0.25, 0.3) is 5.65 Å². The standard InChI is InChI=1S/C20H20FN6O/c1-12-9-27-11-15(6-16(21)19(27)24-12)25-20(28)17-7-23-18(8-22-17)26-5-4-14(10-26)13-2-3-13/h6-9,11,14H,2-5,10H2,1H3,(H,25,28)/t14-/m0/s1. The summed E-state index contributed by atoms with van der Waals surface area (Å²) >= 11 is 0. The molecular formula is C20H20FN6O. The summed E-state index contributed by atoms with van der Waals surface area (Å²) in [6.07, 6.45) is 10.1. The Labute approximate surface area is 161 Å². The van der Waals surface area contributed by atoms with Crippen LogP contribution in [0.3, 0.4) is 0 Å². The molecule has 3 aromatic rings. The molecule has 1 aliphatic heterocycles. The van der Waals surface area contributed by atoms with E-state index in [0.29, 0.717) is 17.3 Å². The van der Waals surface area contributed by atoms with Crippen molar-refractivity contribution >= 4 is 23.1 Å². The molecule has 0 bridgehead atoms. The largest absolute Gasteiger partial charge is 0.355 e. The third kappa shape index (κ3) is 3.19. The highest BCUT2D eigenvalue weighted by atomic mass is 19.1. The van der Waals surface area contributed by atoms with Crippen LogP contribution in [0.15, 0.2) is 30.9 Å². The van der Waals surface area contributed by atoms with Gasteiger partial charge in [0, 0.05) is 31.5 Å². The first-order valence-corrected chi connectivity index (χ1v) is 9.44. The number of rotatable bonds is 4. The number of imidazole rings is 1. The summed E-state index contributed by atoms with van der Waals surface area (Å²) in [7, 11) is 0. The van der Waals surface area contributed by atoms with Crippen molar-refractivity contribution in [3.63, 3.8) is 0 Å². The van der Waals surface area contributed by atoms with Gasteiger partial charge in [0.2, 0.25) is 0 Å². The van der Waals surface area contributed by atoms with Gasteiger partial charge in [0.05, 0.1) is 23.8 Å². The first-order valence-electron chi connectivity index (χ1n) is 9.44. The Bertz CT molecular complexity index is 1040. The molecule has 1 saturated heterocycles. The normalized spacial score (nSPS) is 19.4. The molecule has 28 heavy (non-hydrogen) atoms. The number of amides is 1. The molecule has 0 unspecified atom stereocenters. The lowest BCUT2D eigenvalue weighted by molar-refractivity contribution is 0.102. The lowest BCUT2D eigenvalue weighted by Crippen LogP contribution is -2.22. The monoisotopic (exact) mass is 379 g/mol. The fourth-order valence-corrected chi connectivity index (χ4v) is 3.83. The van der Waals surface area contributed by atoms with Crippen molar-refractivity contribution in [3.05, 3.63) is 54.0 Å². The predicted molar refractivity (Wildman–Crippen MR) is 103 cm³/mol. The highest BCUT2D eigenvalue weighted by Crippen LogP contribution is 2.43. The number of halogens is 1. The topological polar surface area (TPSA) is 75.4 Å². The van der Waals surface area contributed by atoms with Crippen LogP contribution in [0.4, 0.5) is 15.9 Å². The molecule has 0 aromatic carbocycles. The van der Waals surface area contributed by atoms with Crippen molar-refractivity contribution in [2.45, 2.75) is 26.2 Å². The third-order valence-electron chi connectivity index (χ3n) is 5.38. The second kappa shape index (κ2) is 6.54. The van der Waals surface area contributed by atoms with Gasteiger partial charge in [-0.1, -0.05) is 0 Å². The second-order valence-electron chi connectivity index (χ2n) is 7.49. The van der Waals surface area contributed by atoms with E-state index in [1.165, 1.54) is 31.5 Å². The van der Waals surface area contributed by atoms with Gasteiger partial charge in [-0.15, -0.1) is 0 Å². The Morgan fingerprint density at radius 2 is 2.11 bits per heavy atom. The quantitative estimate of drug-likeness (QED) is 0.754. The van der Waals surface area contributed by atoms with Crippen LogP contribution in [0, 0.1) is 24.6 Å². The van der Waals surface area contributed by atoms with Crippen LogP contribution >= 0.6 is 0 Å². The van der Waals surface area contributed by atoms with Gasteiger partial charge >= 0.3 is 0 Å². The van der Waals surface area contributed by atoms with Crippen molar-refractivity contribution in [3.8, 4) is 0 Å². The summed E-state index contributed by atoms with van der Waals surface area (Å²) in [5.74, 6) is 2.22. The average molecular weight is 379 g/mol. The number of pyridine rings is 1. The van der Waals surface area contributed by atoms with E-state index in [4.69, 9.17) is 0 Å². The molecule has 2 fully saturated rings. The third-order valence-corrected chi connectivity index (χ3v) is 5.38. The minimum absolute atomic E-state index is 0.193. The number of hydrogen-bond acceptors (Lipinski definition) is 5. The Morgan fingerprint density at radius 1 is 1.25 bits per heavy atom. The Hall–Kier alpha value is -3.03. The van der Waals surface area contributed by atoms with Gasteiger partial charge in [-0.2, -0.15) is 0 Å². The Morgan fingerprint density at radius 3 is 2.86 bits per heavy atom. The smallest absolute Gasteiger partial charge is 0.275 e. The molecule has 3 aromatic heterocycles. The zero-order valence-corrected chi connectivity index (χ0v) is 15.5. The van der Waals surface area contributed by atoms with E-state index >= 15 is 0 Å². The molecule has 2 aliphatic rings. The number of carbonyl (C=O) groups excluding carboxylic acids is 1. The highest BCUT2D eigenvalue weighted by molar-refractivity contribution is 6.02. The average Bonchev–Trinajstić information content (AvgIpc) is 3.28. The van der Waals surface area contributed by atoms with Gasteiger partial charge in [0.1, 0.15) is 11.5 Å². The Balaban J connectivity index is 1.29. The van der Waals surface area contributed by atoms with Crippen molar-refractivity contribution < 1.29 is 9.18 Å². The summed E-state index contributed by atoms with van der Waals surface area (Å²) in [5, 5.41) is 2.67. The zero-order valence-electron chi connectivity index (χ0n) is 15.5. The fraction of sp³-hybridized carbons (Fsp3) is 0.350. The first-order chi connectivity index (χ1) is 13.6. The van der Waals surface area contributed by atoms with E-state index in [1.807, 2.05) is 0 Å². The minimum atomic E-state index is -0.496. The molecule has 1 radical (unpaired) electrons. The number of fused-ring (bicyclic) bond motifs is 1. The summed E-state index contributed by atoms with van der Waals surface area (Å²) in [6.45, 7) is 3.74. The van der Waals surface area contributed by atoms with E-state index in [-0.39, 0.29) is 11.3 Å². The molecule has 1 amide bonds. The predicted octanol–water partition coefficient (Wildman–Crippen LogP) is 3.02. The van der Waals surface area contributed by atoms with Crippen LogP contribution < -0.4 is 10.2 Å². The molecule has 8 heteroatoms. The second-order valence-corrected chi connectivity index (χ2v) is 7.49. The highest BCUT2D eigenvalue weighted by Gasteiger charge is 2.36. The van der Waals surface area contributed by atoms with Crippen LogP contribution in [-0.2, 0) is 0 Å². The number of anilines is 2. The number of nitrogens with zero attached hydrogens (tertiary/aromatic N) is 5. The Kier molecular flexibility index (Phi) is 3.99. The van der Waals surface area contributed by atoms with Crippen molar-refractivity contribution in [2.24, 2.45) is 5.92 Å². The van der Waals surface area contributed by atoms with Crippen molar-refractivity contribution in [2.75, 3.05) is 23.3 Å². The van der Waals surface area contributed by atoms with E-state index in [0.717, 1.165) is 18.9 Å². The van der Waals surface area contributed by atoms with E-state index in [1.54, 1.807) is 35.8 Å². The number of aryl methyl sites for hydroxylation is 1. The molecule has 5 rings (SSSR count). The molecule has 0 spiro atoms. The van der Waals surface area contributed by atoms with E-state index in [9.17, 15) is 9.18 Å². The summed E-state index contributed by atoms with van der Waals surface area (Å²) in [5.41, 5.74) is 1.46. The summed E-state index contributed by atoms with van der Waals surface area (Å²) in [4.78, 5) is 27.5. The van der Waals surface area contributed by atoms with Gasteiger partial charge in [-0.25, -0.2) is 19.3 Å². The summed E-state index contributed by atoms with van der Waals surface area (Å²) < 4.78 is 15.7. The van der Waals surface area contributed by atoms with Crippen molar-refractivity contribution in [1.82, 2.24) is 19.4 Å². The lowest BCUT2D eigenvalue weighted by atomic mass is 10.0. The van der Waals surface area contributed by atoms with Crippen molar-refractivity contribution in [1.29, 1.82) is 0 Å². The fourth-order valence-electron chi connectivity index (χ4n) is 3.83. The zero-order chi connectivity index (χ0) is 19.3. The van der Waals surface area contributed by atoms with Crippen LogP contribution in [0.2, 0.25) is 0 Å². The molecule has 1 saturated carbocycles. The number of hydrogen-bond donors (Lipinski definition) is 1. The summed E-state index contributed by atoms with van der Waals surface area (Å²) in [6, 6.07) is 1.25. The van der Waals surface area contributed by atoms with Crippen LogP contribution in [0.1, 0.15) is 35.4 Å². The van der Waals surface area contributed by atoms with Gasteiger partial charge < -0.3 is 14.6 Å². The van der Waals surface area contributed by atoms with E-state index in [2.05, 4.69) is 25.2 Å². The first kappa shape index (κ1) is 17.1. The SMILES string of the molecule is Cc1cn2cc(NC(=O)c3cnc(N4CC[C@H]([C]5CC5)C4)cn3)cc(F)c2n1. The molecular weight excluding hydrogens is 359 g/mol. The maximum absolute atomic E-state index is 14.2. The molecule has 1 atom stereocenters.